The van der Waals surface area contributed by atoms with Crippen molar-refractivity contribution < 1.29 is 0 Å². The van der Waals surface area contributed by atoms with Crippen molar-refractivity contribution in [1.29, 1.82) is 0 Å². The molecule has 0 atom stereocenters. The maximum Gasteiger partial charge on any atom is 0.0964 e. The number of hydrogen-bond acceptors (Lipinski definition) is 4. The van der Waals surface area contributed by atoms with Crippen LogP contribution < -0.4 is 11.1 Å². The van der Waals surface area contributed by atoms with Crippen molar-refractivity contribution in [3.63, 3.8) is 0 Å². The summed E-state index contributed by atoms with van der Waals surface area (Å²) in [7, 11) is 0. The van der Waals surface area contributed by atoms with Crippen LogP contribution in [-0.2, 0) is 13.1 Å². The van der Waals surface area contributed by atoms with Crippen LogP contribution in [0.2, 0.25) is 0 Å². The zero-order chi connectivity index (χ0) is 11.2. The van der Waals surface area contributed by atoms with Crippen LogP contribution in [0.25, 0.3) is 0 Å². The Labute approximate surface area is 96.4 Å². The van der Waals surface area contributed by atoms with Crippen LogP contribution in [0.3, 0.4) is 0 Å². The van der Waals surface area contributed by atoms with E-state index in [1.54, 1.807) is 4.68 Å². The highest BCUT2D eigenvalue weighted by atomic mass is 15.4. The number of nitrogens with one attached hydrogen (secondary N) is 1. The molecule has 1 aliphatic carbocycles. The number of aromatic nitrogens is 3. The molecule has 0 amide bonds. The van der Waals surface area contributed by atoms with E-state index < -0.39 is 0 Å². The van der Waals surface area contributed by atoms with Gasteiger partial charge in [-0.25, -0.2) is 0 Å². The van der Waals surface area contributed by atoms with Crippen molar-refractivity contribution in [3.05, 3.63) is 11.9 Å². The topological polar surface area (TPSA) is 68.8 Å². The quantitative estimate of drug-likeness (QED) is 0.661. The molecule has 3 N–H and O–H groups in total. The molecule has 0 aliphatic heterocycles. The molecular formula is C11H21N5. The Morgan fingerprint density at radius 2 is 2.38 bits per heavy atom. The van der Waals surface area contributed by atoms with Crippen LogP contribution in [0, 0.1) is 5.92 Å². The van der Waals surface area contributed by atoms with Gasteiger partial charge in [0.25, 0.3) is 0 Å². The predicted octanol–water partition coefficient (Wildman–Crippen LogP) is 0.517. The van der Waals surface area contributed by atoms with Crippen molar-refractivity contribution in [2.24, 2.45) is 11.7 Å². The summed E-state index contributed by atoms with van der Waals surface area (Å²) in [5, 5.41) is 11.5. The van der Waals surface area contributed by atoms with Gasteiger partial charge in [0.15, 0.2) is 0 Å². The van der Waals surface area contributed by atoms with Gasteiger partial charge in [0.1, 0.15) is 0 Å². The fourth-order valence-electron chi connectivity index (χ4n) is 1.97. The molecule has 1 aromatic heterocycles. The smallest absolute Gasteiger partial charge is 0.0964 e. The Balaban J connectivity index is 1.60. The van der Waals surface area contributed by atoms with Gasteiger partial charge in [-0.3, -0.25) is 4.68 Å². The summed E-state index contributed by atoms with van der Waals surface area (Å²) in [5.74, 6) is 0.973. The van der Waals surface area contributed by atoms with Gasteiger partial charge in [-0.05, 0) is 18.9 Å². The van der Waals surface area contributed by atoms with E-state index in [1.807, 2.05) is 6.20 Å². The van der Waals surface area contributed by atoms with Crippen LogP contribution in [0.4, 0.5) is 0 Å². The maximum atomic E-state index is 5.44. The van der Waals surface area contributed by atoms with Gasteiger partial charge in [0.2, 0.25) is 0 Å². The number of nitrogens with zero attached hydrogens (tertiary/aromatic N) is 3. The average molecular weight is 223 g/mol. The third-order valence-corrected chi connectivity index (χ3v) is 3.20. The molecule has 2 rings (SSSR count). The summed E-state index contributed by atoms with van der Waals surface area (Å²) in [5.41, 5.74) is 6.44. The highest BCUT2D eigenvalue weighted by Crippen LogP contribution is 2.28. The first-order valence-corrected chi connectivity index (χ1v) is 6.18. The summed E-state index contributed by atoms with van der Waals surface area (Å²) < 4.78 is 1.79. The molecule has 0 radical (unpaired) electrons. The van der Waals surface area contributed by atoms with E-state index in [-0.39, 0.29) is 0 Å². The van der Waals surface area contributed by atoms with Crippen LogP contribution in [0.1, 0.15) is 31.4 Å². The maximum absolute atomic E-state index is 5.44. The highest BCUT2D eigenvalue weighted by Gasteiger charge is 2.16. The minimum absolute atomic E-state index is 0.609. The number of rotatable bonds is 7. The fraction of sp³-hybridized carbons (Fsp3) is 0.818. The van der Waals surface area contributed by atoms with Gasteiger partial charge >= 0.3 is 0 Å². The Kier molecular flexibility index (Phi) is 4.30. The van der Waals surface area contributed by atoms with Crippen LogP contribution >= 0.6 is 0 Å². The molecule has 1 aromatic rings. The normalized spacial score (nSPS) is 16.3. The molecule has 0 bridgehead atoms. The Morgan fingerprint density at radius 3 is 3.06 bits per heavy atom. The Bertz CT molecular complexity index is 305. The summed E-state index contributed by atoms with van der Waals surface area (Å²) in [6, 6.07) is 0. The van der Waals surface area contributed by atoms with Crippen LogP contribution in [-0.4, -0.2) is 28.1 Å². The molecular weight excluding hydrogens is 202 g/mol. The van der Waals surface area contributed by atoms with Gasteiger partial charge in [-0.2, -0.15) is 0 Å². The van der Waals surface area contributed by atoms with Crippen molar-refractivity contribution in [2.45, 2.75) is 38.8 Å². The lowest BCUT2D eigenvalue weighted by atomic mass is 9.83. The van der Waals surface area contributed by atoms with E-state index in [2.05, 4.69) is 15.6 Å². The van der Waals surface area contributed by atoms with E-state index in [9.17, 15) is 0 Å². The monoisotopic (exact) mass is 223 g/mol. The molecule has 0 unspecified atom stereocenters. The third kappa shape index (κ3) is 3.28. The zero-order valence-corrected chi connectivity index (χ0v) is 9.73. The zero-order valence-electron chi connectivity index (χ0n) is 9.73. The van der Waals surface area contributed by atoms with Crippen LogP contribution in [0.15, 0.2) is 6.20 Å². The minimum atomic E-state index is 0.609. The fourth-order valence-corrected chi connectivity index (χ4v) is 1.97. The van der Waals surface area contributed by atoms with E-state index in [4.69, 9.17) is 5.73 Å². The second-order valence-electron chi connectivity index (χ2n) is 4.52. The first kappa shape index (κ1) is 11.5. The third-order valence-electron chi connectivity index (χ3n) is 3.20. The first-order chi connectivity index (χ1) is 7.88. The molecule has 0 spiro atoms. The minimum Gasteiger partial charge on any atom is -0.329 e. The average Bonchev–Trinajstić information content (AvgIpc) is 2.63. The van der Waals surface area contributed by atoms with Crippen LogP contribution in [0.5, 0.6) is 0 Å². The molecule has 1 heterocycles. The second kappa shape index (κ2) is 5.96. The Hall–Kier alpha value is -0.940. The van der Waals surface area contributed by atoms with Gasteiger partial charge in [-0.15, -0.1) is 5.10 Å². The lowest BCUT2D eigenvalue weighted by Crippen LogP contribution is -2.21. The molecule has 5 nitrogen and oxygen atoms in total. The summed E-state index contributed by atoms with van der Waals surface area (Å²) >= 11 is 0. The molecule has 5 heteroatoms. The van der Waals surface area contributed by atoms with E-state index in [0.717, 1.165) is 31.2 Å². The first-order valence-electron chi connectivity index (χ1n) is 6.18. The van der Waals surface area contributed by atoms with Crippen molar-refractivity contribution in [3.8, 4) is 0 Å². The Morgan fingerprint density at radius 1 is 1.50 bits per heavy atom. The lowest BCUT2D eigenvalue weighted by Gasteiger charge is -2.25. The summed E-state index contributed by atoms with van der Waals surface area (Å²) in [4.78, 5) is 0. The van der Waals surface area contributed by atoms with Gasteiger partial charge in [0, 0.05) is 19.3 Å². The van der Waals surface area contributed by atoms with Gasteiger partial charge in [-0.1, -0.05) is 24.5 Å². The lowest BCUT2D eigenvalue weighted by molar-refractivity contribution is 0.292. The molecule has 90 valence electrons. The second-order valence-corrected chi connectivity index (χ2v) is 4.52. The van der Waals surface area contributed by atoms with Crippen molar-refractivity contribution >= 4 is 0 Å². The molecule has 16 heavy (non-hydrogen) atoms. The largest absolute Gasteiger partial charge is 0.329 e. The van der Waals surface area contributed by atoms with E-state index in [1.165, 1.54) is 25.7 Å². The number of nitrogens with two attached hydrogens (primary N) is 1. The van der Waals surface area contributed by atoms with Gasteiger partial charge < -0.3 is 11.1 Å². The molecule has 1 saturated carbocycles. The molecule has 0 aromatic carbocycles. The van der Waals surface area contributed by atoms with E-state index in [0.29, 0.717) is 6.54 Å². The standard InChI is InChI=1S/C11H21N5/c12-5-7-16-9-11(14-15-16)8-13-6-4-10-2-1-3-10/h9-10,13H,1-8,12H2. The van der Waals surface area contributed by atoms with Crippen molar-refractivity contribution in [2.75, 3.05) is 13.1 Å². The predicted molar refractivity (Wildman–Crippen MR) is 62.7 cm³/mol. The van der Waals surface area contributed by atoms with Crippen molar-refractivity contribution in [1.82, 2.24) is 20.3 Å². The SMILES string of the molecule is NCCn1cc(CNCCC2CCC2)nn1. The van der Waals surface area contributed by atoms with E-state index >= 15 is 0 Å². The van der Waals surface area contributed by atoms with Gasteiger partial charge in [0.05, 0.1) is 12.2 Å². The molecule has 1 fully saturated rings. The number of hydrogen-bond donors (Lipinski definition) is 2. The molecule has 0 saturated heterocycles. The highest BCUT2D eigenvalue weighted by molar-refractivity contribution is 4.91. The molecule has 1 aliphatic rings. The summed E-state index contributed by atoms with van der Waals surface area (Å²) in [6.07, 6.45) is 7.54. The summed E-state index contributed by atoms with van der Waals surface area (Å²) in [6.45, 7) is 3.26.